The molecular weight excluding hydrogens is 276 g/mol. The number of benzene rings is 1. The van der Waals surface area contributed by atoms with Crippen LogP contribution >= 0.6 is 0 Å². The van der Waals surface area contributed by atoms with Crippen LogP contribution in [0.2, 0.25) is 0 Å². The molecule has 101 valence electrons. The molecule has 2 nitrogen and oxygen atoms in total. The van der Waals surface area contributed by atoms with Crippen LogP contribution in [0, 0.1) is 6.39 Å². The van der Waals surface area contributed by atoms with Gasteiger partial charge >= 0.3 is 12.4 Å². The lowest BCUT2D eigenvalue weighted by Crippen LogP contribution is -2.13. The maximum Gasteiger partial charge on any atom is 0.417 e. The Bertz CT molecular complexity index is 538. The second kappa shape index (κ2) is 4.29. The fourth-order valence-corrected chi connectivity index (χ4v) is 1.59. The van der Waals surface area contributed by atoms with Gasteiger partial charge in [0.25, 0.3) is 6.39 Å². The first-order valence-corrected chi connectivity index (χ1v) is 4.81. The Morgan fingerprint density at radius 2 is 1.47 bits per heavy atom. The molecule has 8 heteroatoms. The average molecular weight is 280 g/mol. The highest BCUT2D eigenvalue weighted by Crippen LogP contribution is 2.44. The number of alkyl halides is 6. The predicted octanol–water partition coefficient (Wildman–Crippen LogP) is 4.18. The highest BCUT2D eigenvalue weighted by molar-refractivity contribution is 5.67. The Morgan fingerprint density at radius 1 is 0.947 bits per heavy atom. The topological polar surface area (TPSA) is 26.0 Å². The standard InChI is InChI=1S/C11H4F6NO/c12-10(13,14)6-2-1-3-7(11(15,16)17)9(6)8-4-18-5-19-8/h1-4H. The minimum absolute atomic E-state index is 0.549. The highest BCUT2D eigenvalue weighted by atomic mass is 19.4. The van der Waals surface area contributed by atoms with E-state index < -0.39 is 34.8 Å². The Kier molecular flexibility index (Phi) is 3.03. The number of hydrogen-bond acceptors (Lipinski definition) is 2. The van der Waals surface area contributed by atoms with Crippen LogP contribution in [0.1, 0.15) is 11.1 Å². The molecule has 2 aromatic rings. The number of oxazole rings is 1. The molecule has 1 aromatic carbocycles. The summed E-state index contributed by atoms with van der Waals surface area (Å²) in [6, 6.07) is 1.79. The van der Waals surface area contributed by atoms with Gasteiger partial charge in [-0.05, 0) is 12.1 Å². The Balaban J connectivity index is 2.78. The van der Waals surface area contributed by atoms with Gasteiger partial charge in [0.1, 0.15) is 0 Å². The first-order valence-electron chi connectivity index (χ1n) is 4.81. The van der Waals surface area contributed by atoms with Gasteiger partial charge in [0.2, 0.25) is 0 Å². The Hall–Kier alpha value is -1.99. The van der Waals surface area contributed by atoms with Gasteiger partial charge < -0.3 is 4.42 Å². The number of nitrogens with zero attached hydrogens (tertiary/aromatic N) is 1. The van der Waals surface area contributed by atoms with E-state index in [1.807, 2.05) is 6.39 Å². The lowest BCUT2D eigenvalue weighted by Gasteiger charge is -2.16. The van der Waals surface area contributed by atoms with Gasteiger partial charge in [-0.15, -0.1) is 0 Å². The average Bonchev–Trinajstić information content (AvgIpc) is 2.78. The molecule has 0 bridgehead atoms. The van der Waals surface area contributed by atoms with Crippen molar-refractivity contribution in [2.24, 2.45) is 0 Å². The van der Waals surface area contributed by atoms with Crippen molar-refractivity contribution in [3.05, 3.63) is 41.9 Å². The number of hydrogen-bond donors (Lipinski definition) is 0. The normalized spacial score (nSPS) is 12.7. The van der Waals surface area contributed by atoms with Gasteiger partial charge in [-0.3, -0.25) is 0 Å². The summed E-state index contributed by atoms with van der Waals surface area (Å²) in [4.78, 5) is 3.22. The Morgan fingerprint density at radius 3 is 1.84 bits per heavy atom. The summed E-state index contributed by atoms with van der Waals surface area (Å²) in [6.07, 6.45) is -7.31. The van der Waals surface area contributed by atoms with Gasteiger partial charge in [0.15, 0.2) is 5.76 Å². The molecule has 0 unspecified atom stereocenters. The van der Waals surface area contributed by atoms with Gasteiger partial charge in [0.05, 0.1) is 17.3 Å². The molecule has 0 saturated heterocycles. The lowest BCUT2D eigenvalue weighted by molar-refractivity contribution is -0.142. The van der Waals surface area contributed by atoms with E-state index in [4.69, 9.17) is 0 Å². The van der Waals surface area contributed by atoms with Crippen molar-refractivity contribution in [2.45, 2.75) is 12.4 Å². The van der Waals surface area contributed by atoms with E-state index in [1.165, 1.54) is 0 Å². The zero-order valence-corrected chi connectivity index (χ0v) is 8.93. The highest BCUT2D eigenvalue weighted by Gasteiger charge is 2.41. The van der Waals surface area contributed by atoms with Crippen LogP contribution in [0.25, 0.3) is 11.3 Å². The third-order valence-electron chi connectivity index (χ3n) is 2.31. The van der Waals surface area contributed by atoms with E-state index in [-0.39, 0.29) is 0 Å². The molecule has 1 heterocycles. The molecule has 0 fully saturated rings. The predicted molar refractivity (Wildman–Crippen MR) is 50.8 cm³/mol. The number of halogens is 6. The summed E-state index contributed by atoms with van der Waals surface area (Å²) in [5, 5.41) is 0. The summed E-state index contributed by atoms with van der Waals surface area (Å²) in [5.74, 6) is -0.639. The molecule has 0 spiro atoms. The van der Waals surface area contributed by atoms with Crippen LogP contribution < -0.4 is 0 Å². The van der Waals surface area contributed by atoms with Crippen molar-refractivity contribution in [1.82, 2.24) is 4.98 Å². The molecule has 0 aliphatic carbocycles. The second-order valence-electron chi connectivity index (χ2n) is 3.54. The van der Waals surface area contributed by atoms with Crippen molar-refractivity contribution < 1.29 is 30.8 Å². The summed E-state index contributed by atoms with van der Waals surface area (Å²) in [7, 11) is 0. The van der Waals surface area contributed by atoms with Crippen molar-refractivity contribution in [3.63, 3.8) is 0 Å². The zero-order chi connectivity index (χ0) is 14.3. The van der Waals surface area contributed by atoms with E-state index in [0.29, 0.717) is 18.2 Å². The molecule has 0 atom stereocenters. The van der Waals surface area contributed by atoms with Crippen molar-refractivity contribution in [3.8, 4) is 11.3 Å². The van der Waals surface area contributed by atoms with Gasteiger partial charge in [-0.25, -0.2) is 4.98 Å². The minimum atomic E-state index is -4.94. The molecular formula is C11H4F6NO. The number of rotatable bonds is 1. The van der Waals surface area contributed by atoms with E-state index in [2.05, 4.69) is 9.40 Å². The van der Waals surface area contributed by atoms with Gasteiger partial charge in [-0.2, -0.15) is 26.3 Å². The zero-order valence-electron chi connectivity index (χ0n) is 8.93. The van der Waals surface area contributed by atoms with Crippen molar-refractivity contribution >= 4 is 0 Å². The quantitative estimate of drug-likeness (QED) is 0.732. The maximum atomic E-state index is 12.8. The van der Waals surface area contributed by atoms with Crippen molar-refractivity contribution in [1.29, 1.82) is 0 Å². The fourth-order valence-electron chi connectivity index (χ4n) is 1.59. The van der Waals surface area contributed by atoms with Crippen LogP contribution in [-0.2, 0) is 12.4 Å². The lowest BCUT2D eigenvalue weighted by atomic mass is 9.98. The molecule has 1 aromatic heterocycles. The summed E-state index contributed by atoms with van der Waals surface area (Å²) in [5.41, 5.74) is -3.96. The van der Waals surface area contributed by atoms with E-state index in [9.17, 15) is 26.3 Å². The first kappa shape index (κ1) is 13.4. The molecule has 1 radical (unpaired) electrons. The molecule has 0 N–H and O–H groups in total. The first-order chi connectivity index (χ1) is 8.71. The maximum absolute atomic E-state index is 12.8. The summed E-state index contributed by atoms with van der Waals surface area (Å²) >= 11 is 0. The summed E-state index contributed by atoms with van der Waals surface area (Å²) in [6.45, 7) is 0. The van der Waals surface area contributed by atoms with E-state index in [1.54, 1.807) is 0 Å². The Labute approximate surface area is 102 Å². The van der Waals surface area contributed by atoms with Crippen LogP contribution in [0.15, 0.2) is 28.8 Å². The van der Waals surface area contributed by atoms with E-state index in [0.717, 1.165) is 6.20 Å². The molecule has 0 aliphatic rings. The van der Waals surface area contributed by atoms with Crippen LogP contribution in [0.3, 0.4) is 0 Å². The fraction of sp³-hybridized carbons (Fsp3) is 0.182. The SMILES string of the molecule is FC(F)(F)c1cccc(C(F)(F)F)c1-c1cn[c]o1. The molecule has 0 saturated carbocycles. The van der Waals surface area contributed by atoms with Crippen LogP contribution in [0.5, 0.6) is 0 Å². The minimum Gasteiger partial charge on any atom is -0.432 e. The monoisotopic (exact) mass is 280 g/mol. The smallest absolute Gasteiger partial charge is 0.417 e. The third-order valence-corrected chi connectivity index (χ3v) is 2.31. The number of aromatic nitrogens is 1. The third kappa shape index (κ3) is 2.56. The van der Waals surface area contributed by atoms with Gasteiger partial charge in [0, 0.05) is 5.56 Å². The van der Waals surface area contributed by atoms with Crippen molar-refractivity contribution in [2.75, 3.05) is 0 Å². The van der Waals surface area contributed by atoms with Gasteiger partial charge in [-0.1, -0.05) is 6.07 Å². The molecule has 0 amide bonds. The van der Waals surface area contributed by atoms with Crippen LogP contribution in [0.4, 0.5) is 26.3 Å². The second-order valence-corrected chi connectivity index (χ2v) is 3.54. The van der Waals surface area contributed by atoms with E-state index >= 15 is 0 Å². The molecule has 2 rings (SSSR count). The summed E-state index contributed by atoms with van der Waals surface area (Å²) < 4.78 is 81.1. The molecule has 19 heavy (non-hydrogen) atoms. The van der Waals surface area contributed by atoms with Crippen LogP contribution in [-0.4, -0.2) is 4.98 Å². The molecule has 0 aliphatic heterocycles. The largest absolute Gasteiger partial charge is 0.432 e.